The topological polar surface area (TPSA) is 0 Å². The van der Waals surface area contributed by atoms with Gasteiger partial charge >= 0.3 is 0 Å². The van der Waals surface area contributed by atoms with Crippen molar-refractivity contribution in [2.75, 3.05) is 0 Å². The van der Waals surface area contributed by atoms with Crippen molar-refractivity contribution in [3.05, 3.63) is 106 Å². The van der Waals surface area contributed by atoms with Crippen molar-refractivity contribution in [2.24, 2.45) is 0 Å². The van der Waals surface area contributed by atoms with Crippen LogP contribution in [-0.2, 0) is 0 Å². The molecule has 0 nitrogen and oxygen atoms in total. The second kappa shape index (κ2) is 36.1. The highest BCUT2D eigenvalue weighted by Gasteiger charge is 2.46. The third-order valence-electron chi connectivity index (χ3n) is 21.7. The van der Waals surface area contributed by atoms with Crippen LogP contribution in [0.1, 0.15) is 283 Å². The van der Waals surface area contributed by atoms with E-state index in [1.54, 1.807) is 0 Å². The van der Waals surface area contributed by atoms with Gasteiger partial charge in [-0.2, -0.15) is 0 Å². The Balaban J connectivity index is 6.22. The Morgan fingerprint density at radius 3 is 0.300 bits per heavy atom. The molecule has 6 heteroatoms. The highest BCUT2D eigenvalue weighted by atomic mass is 28.3. The van der Waals surface area contributed by atoms with E-state index in [4.69, 9.17) is 0 Å². The predicted molar refractivity (Wildman–Crippen MR) is 413 cm³/mol. The Labute approximate surface area is 568 Å². The Bertz CT molecular complexity index is 2410. The molecule has 0 heterocycles. The van der Waals surface area contributed by atoms with Crippen LogP contribution in [0.5, 0.6) is 0 Å². The molecule has 1 aromatic carbocycles. The zero-order valence-electron chi connectivity index (χ0n) is 64.4. The van der Waals surface area contributed by atoms with Crippen molar-refractivity contribution < 1.29 is 0 Å². The molecule has 0 aliphatic rings. The van der Waals surface area contributed by atoms with Crippen LogP contribution in [0.15, 0.2) is 0 Å². The van der Waals surface area contributed by atoms with Gasteiger partial charge in [-0.1, -0.05) is 285 Å². The summed E-state index contributed by atoms with van der Waals surface area (Å²) in [5.74, 6) is 22.8. The van der Waals surface area contributed by atoms with E-state index in [9.17, 15) is 0 Å². The van der Waals surface area contributed by atoms with Gasteiger partial charge in [0.15, 0.2) is 0 Å². The first kappa shape index (κ1) is 83.3. The normalized spacial score (nSPS) is 12.1. The van der Waals surface area contributed by atoms with Gasteiger partial charge in [0, 0.05) is 0 Å². The molecule has 0 unspecified atom stereocenters. The number of hydrogen-bond acceptors (Lipinski definition) is 0. The molecule has 90 heavy (non-hydrogen) atoms. The molecule has 0 radical (unpaired) electrons. The maximum Gasteiger partial charge on any atom is 0.146 e. The molecule has 0 N–H and O–H groups in total. The molecule has 0 saturated carbocycles. The summed E-state index contributed by atoms with van der Waals surface area (Å²) in [5, 5.41) is 0. The van der Waals surface area contributed by atoms with Gasteiger partial charge in [0.1, 0.15) is 48.4 Å². The van der Waals surface area contributed by atoms with Crippen LogP contribution in [0.2, 0.25) is 99.7 Å². The van der Waals surface area contributed by atoms with Crippen molar-refractivity contribution >= 4 is 48.4 Å². The number of hydrogen-bond donors (Lipinski definition) is 0. The van der Waals surface area contributed by atoms with Gasteiger partial charge < -0.3 is 0 Å². The molecule has 0 aliphatic heterocycles. The van der Waals surface area contributed by atoms with Gasteiger partial charge in [0.2, 0.25) is 0 Å². The fourth-order valence-electron chi connectivity index (χ4n) is 17.1. The number of rotatable bonds is 18. The largest absolute Gasteiger partial charge is 0.146 e. The SMILES string of the molecule is CC(C)[Si](C#Cc1c#cc#cc(C#C[Si](C(C)C)(C(C)C)C(C)C)c(C#C[Si](C(C)C)(C(C)C)C(C)C)c#cc#cc(C#C[Si](C(C)C)(C(C)C)C(C)C)c(C#C[Si](C(C)C)(C(C)C)C(C)C)c#cc#cc1C#C[Si](C(C)C)(C(C)C)C(C)C)(C(C)C)C(C)C. The quantitative estimate of drug-likeness (QED) is 0.102. The van der Waals surface area contributed by atoms with E-state index >= 15 is 0 Å². The first-order chi connectivity index (χ1) is 41.5. The van der Waals surface area contributed by atoms with Gasteiger partial charge in [-0.15, -0.1) is 33.3 Å². The summed E-state index contributed by atoms with van der Waals surface area (Å²) in [6.07, 6.45) is 0. The molecule has 0 aliphatic carbocycles. The second-order valence-corrected chi connectivity index (χ2v) is 65.1. The van der Waals surface area contributed by atoms with E-state index in [-0.39, 0.29) is 0 Å². The third kappa shape index (κ3) is 19.0. The molecule has 1 rings (SSSR count). The maximum atomic E-state index is 4.04. The summed E-state index contributed by atoms with van der Waals surface area (Å²) >= 11 is 0. The van der Waals surface area contributed by atoms with Crippen molar-refractivity contribution in [1.82, 2.24) is 0 Å². The Hall–Kier alpha value is -4.76. The predicted octanol–water partition coefficient (Wildman–Crippen LogP) is 24.1. The molecule has 0 spiro atoms. The summed E-state index contributed by atoms with van der Waals surface area (Å²) < 4.78 is 0. The summed E-state index contributed by atoms with van der Waals surface area (Å²) in [6, 6.07) is 41.6. The van der Waals surface area contributed by atoms with Crippen molar-refractivity contribution in [1.29, 1.82) is 0 Å². The van der Waals surface area contributed by atoms with Crippen LogP contribution in [-0.4, -0.2) is 48.4 Å². The molecule has 0 bridgehead atoms. The van der Waals surface area contributed by atoms with Crippen LogP contribution in [0.3, 0.4) is 0 Å². The van der Waals surface area contributed by atoms with E-state index in [0.29, 0.717) is 133 Å². The van der Waals surface area contributed by atoms with Crippen LogP contribution >= 0.6 is 0 Å². The molecular formula is C84H126Si6. The summed E-state index contributed by atoms with van der Waals surface area (Å²) in [5.41, 5.74) is 34.8. The first-order valence-corrected chi connectivity index (χ1v) is 48.4. The lowest BCUT2D eigenvalue weighted by Gasteiger charge is -2.38. The van der Waals surface area contributed by atoms with Gasteiger partial charge in [0.05, 0.1) is 33.4 Å². The Morgan fingerprint density at radius 1 is 0.156 bits per heavy atom. The van der Waals surface area contributed by atoms with Crippen LogP contribution in [0.4, 0.5) is 0 Å². The average Bonchev–Trinajstić information content (AvgIpc) is 1.39. The van der Waals surface area contributed by atoms with Crippen molar-refractivity contribution in [3.63, 3.8) is 0 Å². The molecule has 0 saturated heterocycles. The summed E-state index contributed by atoms with van der Waals surface area (Å²) in [6.45, 7) is 84.8. The summed E-state index contributed by atoms with van der Waals surface area (Å²) in [7, 11) is -13.8. The van der Waals surface area contributed by atoms with Crippen molar-refractivity contribution in [2.45, 2.75) is 349 Å². The van der Waals surface area contributed by atoms with E-state index in [1.165, 1.54) is 0 Å². The molecular weight excluding hydrogens is 1180 g/mol. The summed E-state index contributed by atoms with van der Waals surface area (Å²) in [4.78, 5) is 0. The Morgan fingerprint density at radius 2 is 0.233 bits per heavy atom. The standard InChI is InChI=1S/C84H126Si6/c1-61(2)85(62(3)4,63(5)6)55-49-79-43-37-38-45-81(51-57-87(67(13)14,68(15)16)69(17)18)83(53-59-89(73(25)26,74(27)28)75(29)30)47-41-42-48-84(54-60-90(76(31)32,77(33)34)78(35)36)82(52-58-88(70(19)20,71(21)22)72(23)24)46-40-39-44-80(79)50-56-86(64(7)8,65(9)10)66(11)12/h61-78H,1-36H3. The lowest BCUT2D eigenvalue weighted by molar-refractivity contribution is 0.838. The van der Waals surface area contributed by atoms with Gasteiger partial charge in [-0.05, 0) is 173 Å². The van der Waals surface area contributed by atoms with Crippen LogP contribution in [0.25, 0.3) is 0 Å². The van der Waals surface area contributed by atoms with Crippen molar-refractivity contribution in [3.8, 4) is 68.8 Å². The Kier molecular flexibility index (Phi) is 33.4. The maximum absolute atomic E-state index is 4.04. The van der Waals surface area contributed by atoms with Crippen LogP contribution < -0.4 is 0 Å². The lowest BCUT2D eigenvalue weighted by atomic mass is 10.2. The zero-order valence-corrected chi connectivity index (χ0v) is 70.4. The van der Waals surface area contributed by atoms with E-state index in [0.717, 1.165) is 0 Å². The van der Waals surface area contributed by atoms with E-state index in [2.05, 4.69) is 391 Å². The monoisotopic (exact) mass is 1300 g/mol. The molecule has 0 atom stereocenters. The highest BCUT2D eigenvalue weighted by molar-refractivity contribution is 6.93. The fourth-order valence-corrected chi connectivity index (χ4v) is 48.4. The van der Waals surface area contributed by atoms with E-state index in [1.807, 2.05) is 0 Å². The second-order valence-electron chi connectivity index (χ2n) is 31.6. The zero-order chi connectivity index (χ0) is 69.8. The minimum absolute atomic E-state index is 0.394. The molecule has 0 amide bonds. The van der Waals surface area contributed by atoms with E-state index < -0.39 is 48.4 Å². The van der Waals surface area contributed by atoms with Gasteiger partial charge in [-0.25, -0.2) is 0 Å². The van der Waals surface area contributed by atoms with Gasteiger partial charge in [0.25, 0.3) is 0 Å². The molecule has 0 fully saturated rings. The van der Waals surface area contributed by atoms with Crippen LogP contribution in [0, 0.1) is 142 Å². The third-order valence-corrected chi connectivity index (χ3v) is 59.4. The minimum Gasteiger partial charge on any atom is -0.124 e. The molecule has 486 valence electrons. The van der Waals surface area contributed by atoms with Gasteiger partial charge in [-0.3, -0.25) is 0 Å². The average molecular weight is 1300 g/mol. The lowest BCUT2D eigenvalue weighted by Crippen LogP contribution is -2.43. The fraction of sp³-hybridized carbons (Fsp3) is 0.643. The minimum atomic E-state index is -2.30. The molecule has 0 aromatic heterocycles. The highest BCUT2D eigenvalue weighted by Crippen LogP contribution is 2.46. The first-order valence-electron chi connectivity index (χ1n) is 35.0. The smallest absolute Gasteiger partial charge is 0.124 e. The molecule has 1 aromatic rings.